The Balaban J connectivity index is 1.89. The minimum absolute atomic E-state index is 0.0240. The van der Waals surface area contributed by atoms with E-state index in [9.17, 15) is 14.4 Å². The van der Waals surface area contributed by atoms with E-state index in [0.717, 1.165) is 30.6 Å². The Hall–Kier alpha value is -2.67. The number of amides is 2. The highest BCUT2D eigenvalue weighted by atomic mass is 32.1. The maximum atomic E-state index is 12.7. The number of nitrogens with one attached hydrogen (secondary N) is 2. The van der Waals surface area contributed by atoms with Gasteiger partial charge in [-0.1, -0.05) is 24.6 Å². The van der Waals surface area contributed by atoms with Crippen molar-refractivity contribution in [3.63, 3.8) is 0 Å². The molecule has 0 saturated heterocycles. The molecule has 0 unspecified atom stereocenters. The van der Waals surface area contributed by atoms with Crippen molar-refractivity contribution in [2.45, 2.75) is 33.1 Å². The number of ether oxygens (including phenoxy) is 1. The highest BCUT2D eigenvalue weighted by molar-refractivity contribution is 7.18. The van der Waals surface area contributed by atoms with Gasteiger partial charge < -0.3 is 15.4 Å². The first kappa shape index (κ1) is 19.1. The molecule has 142 valence electrons. The molecule has 6 nitrogen and oxygen atoms in total. The fourth-order valence-corrected chi connectivity index (χ4v) is 3.95. The van der Waals surface area contributed by atoms with Gasteiger partial charge >= 0.3 is 5.97 Å². The second kappa shape index (κ2) is 8.35. The molecule has 1 heterocycles. The molecule has 0 radical (unpaired) electrons. The Kier molecular flexibility index (Phi) is 5.91. The molecule has 0 spiro atoms. The number of hydrogen-bond donors (Lipinski definition) is 2. The molecule has 2 amide bonds. The molecule has 1 aliphatic rings. The van der Waals surface area contributed by atoms with E-state index in [0.29, 0.717) is 21.1 Å². The van der Waals surface area contributed by atoms with Gasteiger partial charge in [0, 0.05) is 11.6 Å². The molecule has 1 aromatic heterocycles. The van der Waals surface area contributed by atoms with E-state index in [1.54, 1.807) is 26.0 Å². The number of hydrogen-bond acceptors (Lipinski definition) is 5. The molecular formula is C20H22N2O4S. The topological polar surface area (TPSA) is 84.5 Å². The van der Waals surface area contributed by atoms with E-state index in [1.165, 1.54) is 0 Å². The van der Waals surface area contributed by atoms with Crippen LogP contribution in [0.3, 0.4) is 0 Å². The lowest BCUT2D eigenvalue weighted by Gasteiger charge is -2.23. The maximum Gasteiger partial charge on any atom is 0.341 e. The highest BCUT2D eigenvalue weighted by Crippen LogP contribution is 2.36. The van der Waals surface area contributed by atoms with Crippen LogP contribution in [0.5, 0.6) is 0 Å². The van der Waals surface area contributed by atoms with Crippen molar-refractivity contribution in [1.29, 1.82) is 0 Å². The van der Waals surface area contributed by atoms with Gasteiger partial charge in [-0.05, 0) is 44.4 Å². The summed E-state index contributed by atoms with van der Waals surface area (Å²) in [5.41, 5.74) is 1.43. The molecule has 27 heavy (non-hydrogen) atoms. The standard InChI is InChI=1S/C20H22N2O4S/c1-3-26-20(25)15-12(2)16(18(24)21-14-10-5-4-6-11-14)27-19(15)22-17(23)13-8-7-9-13/h4-6,10-11,13H,3,7-9H2,1-2H3,(H,21,24)(H,22,23). The van der Waals surface area contributed by atoms with Crippen LogP contribution >= 0.6 is 11.3 Å². The second-order valence-electron chi connectivity index (χ2n) is 6.42. The molecule has 1 aliphatic carbocycles. The predicted octanol–water partition coefficient (Wildman–Crippen LogP) is 4.22. The van der Waals surface area contributed by atoms with Crippen LogP contribution in [-0.4, -0.2) is 24.4 Å². The lowest BCUT2D eigenvalue weighted by molar-refractivity contribution is -0.122. The minimum atomic E-state index is -0.533. The van der Waals surface area contributed by atoms with Crippen molar-refractivity contribution in [2.75, 3.05) is 17.2 Å². The number of carbonyl (C=O) groups is 3. The lowest BCUT2D eigenvalue weighted by Crippen LogP contribution is -2.28. The Morgan fingerprint density at radius 2 is 1.85 bits per heavy atom. The van der Waals surface area contributed by atoms with Crippen molar-refractivity contribution in [3.8, 4) is 0 Å². The van der Waals surface area contributed by atoms with E-state index in [-0.39, 0.29) is 29.9 Å². The zero-order valence-corrected chi connectivity index (χ0v) is 16.2. The van der Waals surface area contributed by atoms with Gasteiger partial charge in [0.1, 0.15) is 5.00 Å². The first-order valence-corrected chi connectivity index (χ1v) is 9.80. The third kappa shape index (κ3) is 4.19. The highest BCUT2D eigenvalue weighted by Gasteiger charge is 2.30. The van der Waals surface area contributed by atoms with Crippen LogP contribution < -0.4 is 10.6 Å². The van der Waals surface area contributed by atoms with Gasteiger partial charge in [0.15, 0.2) is 0 Å². The smallest absolute Gasteiger partial charge is 0.341 e. The van der Waals surface area contributed by atoms with Gasteiger partial charge in [-0.25, -0.2) is 4.79 Å². The quantitative estimate of drug-likeness (QED) is 0.728. The van der Waals surface area contributed by atoms with E-state index in [2.05, 4.69) is 10.6 Å². The van der Waals surface area contributed by atoms with E-state index in [4.69, 9.17) is 4.74 Å². The number of para-hydroxylation sites is 1. The number of benzene rings is 1. The van der Waals surface area contributed by atoms with Crippen molar-refractivity contribution in [2.24, 2.45) is 5.92 Å². The predicted molar refractivity (Wildman–Crippen MR) is 105 cm³/mol. The SMILES string of the molecule is CCOC(=O)c1c(NC(=O)C2CCC2)sc(C(=O)Nc2ccccc2)c1C. The summed E-state index contributed by atoms with van der Waals surface area (Å²) in [4.78, 5) is 37.9. The number of rotatable bonds is 6. The Bertz CT molecular complexity index is 856. The first-order valence-electron chi connectivity index (χ1n) is 8.99. The Labute approximate surface area is 161 Å². The first-order chi connectivity index (χ1) is 13.0. The summed E-state index contributed by atoms with van der Waals surface area (Å²) in [6, 6.07) is 9.08. The van der Waals surface area contributed by atoms with Gasteiger partial charge in [0.25, 0.3) is 5.91 Å². The second-order valence-corrected chi connectivity index (χ2v) is 7.44. The number of carbonyl (C=O) groups excluding carboxylic acids is 3. The van der Waals surface area contributed by atoms with Crippen molar-refractivity contribution < 1.29 is 19.1 Å². The summed E-state index contributed by atoms with van der Waals surface area (Å²) >= 11 is 1.10. The van der Waals surface area contributed by atoms with Crippen LogP contribution in [-0.2, 0) is 9.53 Å². The monoisotopic (exact) mass is 386 g/mol. The fraction of sp³-hybridized carbons (Fsp3) is 0.350. The molecule has 0 atom stereocenters. The van der Waals surface area contributed by atoms with Crippen LogP contribution in [0.4, 0.5) is 10.7 Å². The van der Waals surface area contributed by atoms with Crippen molar-refractivity contribution >= 4 is 39.8 Å². The number of anilines is 2. The molecule has 2 aromatic rings. The number of thiophene rings is 1. The van der Waals surface area contributed by atoms with Crippen LogP contribution in [0.15, 0.2) is 30.3 Å². The maximum absolute atomic E-state index is 12.7. The minimum Gasteiger partial charge on any atom is -0.462 e. The molecule has 7 heteroatoms. The zero-order chi connectivity index (χ0) is 19.4. The van der Waals surface area contributed by atoms with E-state index in [1.807, 2.05) is 18.2 Å². The molecule has 1 saturated carbocycles. The third-order valence-electron chi connectivity index (χ3n) is 4.58. The average Bonchev–Trinajstić information content (AvgIpc) is 2.90. The normalized spacial score (nSPS) is 13.6. The summed E-state index contributed by atoms with van der Waals surface area (Å²) in [6.07, 6.45) is 2.75. The summed E-state index contributed by atoms with van der Waals surface area (Å²) in [6.45, 7) is 3.63. The summed E-state index contributed by atoms with van der Waals surface area (Å²) in [5, 5.41) is 6.02. The van der Waals surface area contributed by atoms with Crippen LogP contribution in [0.1, 0.15) is 51.8 Å². The molecule has 1 fully saturated rings. The Morgan fingerprint density at radius 1 is 1.15 bits per heavy atom. The number of esters is 1. The van der Waals surface area contributed by atoms with Crippen molar-refractivity contribution in [1.82, 2.24) is 0 Å². The molecule has 0 bridgehead atoms. The molecule has 1 aromatic carbocycles. The lowest BCUT2D eigenvalue weighted by atomic mass is 9.85. The van der Waals surface area contributed by atoms with Gasteiger partial charge in [-0.15, -0.1) is 11.3 Å². The average molecular weight is 386 g/mol. The third-order valence-corrected chi connectivity index (χ3v) is 5.78. The van der Waals surface area contributed by atoms with Crippen LogP contribution in [0.25, 0.3) is 0 Å². The van der Waals surface area contributed by atoms with Gasteiger partial charge in [0.05, 0.1) is 17.0 Å². The molecular weight excluding hydrogens is 364 g/mol. The molecule has 2 N–H and O–H groups in total. The van der Waals surface area contributed by atoms with Gasteiger partial charge in [-0.3, -0.25) is 9.59 Å². The van der Waals surface area contributed by atoms with Gasteiger partial charge in [-0.2, -0.15) is 0 Å². The van der Waals surface area contributed by atoms with E-state index < -0.39 is 5.97 Å². The Morgan fingerprint density at radius 3 is 2.44 bits per heavy atom. The molecule has 0 aliphatic heterocycles. The van der Waals surface area contributed by atoms with Crippen molar-refractivity contribution in [3.05, 3.63) is 46.3 Å². The fourth-order valence-electron chi connectivity index (χ4n) is 2.86. The van der Waals surface area contributed by atoms with Crippen LogP contribution in [0, 0.1) is 12.8 Å². The summed E-state index contributed by atoms with van der Waals surface area (Å²) < 4.78 is 5.13. The largest absolute Gasteiger partial charge is 0.462 e. The summed E-state index contributed by atoms with van der Waals surface area (Å²) in [5.74, 6) is -0.987. The van der Waals surface area contributed by atoms with Gasteiger partial charge in [0.2, 0.25) is 5.91 Å². The van der Waals surface area contributed by atoms with Crippen LogP contribution in [0.2, 0.25) is 0 Å². The van der Waals surface area contributed by atoms with E-state index >= 15 is 0 Å². The molecule has 3 rings (SSSR count). The zero-order valence-electron chi connectivity index (χ0n) is 15.3. The summed E-state index contributed by atoms with van der Waals surface area (Å²) in [7, 11) is 0.